The normalized spacial score (nSPS) is 12.2. The third-order valence-electron chi connectivity index (χ3n) is 4.65. The van der Waals surface area contributed by atoms with Crippen molar-refractivity contribution in [3.8, 4) is 0 Å². The highest BCUT2D eigenvalue weighted by atomic mass is 14.2. The van der Waals surface area contributed by atoms with Gasteiger partial charge in [0, 0.05) is 0 Å². The molecule has 140 valence electrons. The number of benzene rings is 3. The minimum Gasteiger partial charge on any atom is -0.0776 e. The summed E-state index contributed by atoms with van der Waals surface area (Å²) in [6.45, 7) is 8.54. The number of hydrogen-bond acceptors (Lipinski definition) is 0. The minimum atomic E-state index is 0. The van der Waals surface area contributed by atoms with Crippen molar-refractivity contribution in [3.63, 3.8) is 0 Å². The lowest BCUT2D eigenvalue weighted by molar-refractivity contribution is 0.628. The van der Waals surface area contributed by atoms with Gasteiger partial charge >= 0.3 is 0 Å². The molecule has 1 aliphatic rings. The molecule has 0 spiro atoms. The van der Waals surface area contributed by atoms with E-state index in [1.54, 1.807) is 11.1 Å². The quantitative estimate of drug-likeness (QED) is 0.442. The SMILES string of the molecule is C.CC.CC1Cc2ccccc2C1.CCCc1cccc2ccccc12. The molecule has 0 fully saturated rings. The van der Waals surface area contributed by atoms with E-state index in [4.69, 9.17) is 0 Å². The number of fused-ring (bicyclic) bond motifs is 2. The highest BCUT2D eigenvalue weighted by Gasteiger charge is 2.15. The maximum atomic E-state index is 2.32. The molecule has 0 heterocycles. The molecule has 0 saturated heterocycles. The second kappa shape index (κ2) is 11.5. The van der Waals surface area contributed by atoms with Crippen LogP contribution in [-0.2, 0) is 19.3 Å². The molecular weight excluding hydrogens is 312 g/mol. The maximum Gasteiger partial charge on any atom is -0.0152 e. The Bertz CT molecular complexity index is 739. The van der Waals surface area contributed by atoms with Crippen LogP contribution in [0.15, 0.2) is 66.7 Å². The predicted molar refractivity (Wildman–Crippen MR) is 119 cm³/mol. The minimum absolute atomic E-state index is 0. The first kappa shape index (κ1) is 22.0. The summed E-state index contributed by atoms with van der Waals surface area (Å²) in [7, 11) is 0. The zero-order valence-corrected chi connectivity index (χ0v) is 16.3. The topological polar surface area (TPSA) is 0 Å². The van der Waals surface area contributed by atoms with Crippen molar-refractivity contribution < 1.29 is 0 Å². The molecule has 0 N–H and O–H groups in total. The summed E-state index contributed by atoms with van der Waals surface area (Å²) < 4.78 is 0. The summed E-state index contributed by atoms with van der Waals surface area (Å²) in [4.78, 5) is 0. The van der Waals surface area contributed by atoms with Crippen molar-refractivity contribution in [3.05, 3.63) is 83.4 Å². The molecule has 0 atom stereocenters. The Morgan fingerprint density at radius 2 is 1.31 bits per heavy atom. The van der Waals surface area contributed by atoms with E-state index in [9.17, 15) is 0 Å². The van der Waals surface area contributed by atoms with Gasteiger partial charge in [-0.15, -0.1) is 0 Å². The molecule has 3 aromatic carbocycles. The van der Waals surface area contributed by atoms with Crippen molar-refractivity contribution in [2.45, 2.75) is 60.8 Å². The Hall–Kier alpha value is -2.08. The summed E-state index contributed by atoms with van der Waals surface area (Å²) in [5, 5.41) is 2.76. The van der Waals surface area contributed by atoms with Gasteiger partial charge in [0.2, 0.25) is 0 Å². The predicted octanol–water partition coefficient (Wildman–Crippen LogP) is 7.88. The largest absolute Gasteiger partial charge is 0.0776 e. The van der Waals surface area contributed by atoms with Gasteiger partial charge in [0.15, 0.2) is 0 Å². The molecule has 26 heavy (non-hydrogen) atoms. The fraction of sp³-hybridized carbons (Fsp3) is 0.385. The first-order valence-electron chi connectivity index (χ1n) is 9.81. The first-order valence-corrected chi connectivity index (χ1v) is 9.81. The van der Waals surface area contributed by atoms with Crippen LogP contribution in [0, 0.1) is 5.92 Å². The second-order valence-electron chi connectivity index (χ2n) is 6.67. The molecule has 0 bridgehead atoms. The van der Waals surface area contributed by atoms with E-state index >= 15 is 0 Å². The van der Waals surface area contributed by atoms with Crippen LogP contribution in [0.1, 0.15) is 58.2 Å². The molecule has 0 saturated carbocycles. The van der Waals surface area contributed by atoms with E-state index < -0.39 is 0 Å². The molecule has 0 nitrogen and oxygen atoms in total. The van der Waals surface area contributed by atoms with E-state index in [1.807, 2.05) is 13.8 Å². The van der Waals surface area contributed by atoms with Crippen LogP contribution in [0.25, 0.3) is 10.8 Å². The Balaban J connectivity index is 0.000000235. The van der Waals surface area contributed by atoms with E-state index in [0.29, 0.717) is 0 Å². The maximum absolute atomic E-state index is 2.32. The van der Waals surface area contributed by atoms with Gasteiger partial charge in [-0.25, -0.2) is 0 Å². The molecule has 1 aliphatic carbocycles. The van der Waals surface area contributed by atoms with E-state index in [0.717, 1.165) is 5.92 Å². The lowest BCUT2D eigenvalue weighted by Crippen LogP contribution is -1.89. The molecular formula is C26H36. The lowest BCUT2D eigenvalue weighted by Gasteiger charge is -2.03. The smallest absolute Gasteiger partial charge is 0.0152 e. The third-order valence-corrected chi connectivity index (χ3v) is 4.65. The van der Waals surface area contributed by atoms with Crippen molar-refractivity contribution >= 4 is 10.8 Å². The Morgan fingerprint density at radius 3 is 1.92 bits per heavy atom. The van der Waals surface area contributed by atoms with E-state index in [1.165, 1.54) is 42.0 Å². The number of rotatable bonds is 2. The summed E-state index contributed by atoms with van der Waals surface area (Å²) in [6.07, 6.45) is 4.97. The van der Waals surface area contributed by atoms with Crippen LogP contribution < -0.4 is 0 Å². The molecule has 0 aliphatic heterocycles. The van der Waals surface area contributed by atoms with Crippen LogP contribution in [0.4, 0.5) is 0 Å². The van der Waals surface area contributed by atoms with Gasteiger partial charge in [0.1, 0.15) is 0 Å². The zero-order chi connectivity index (χ0) is 18.1. The monoisotopic (exact) mass is 348 g/mol. The highest BCUT2D eigenvalue weighted by molar-refractivity contribution is 5.85. The van der Waals surface area contributed by atoms with Gasteiger partial charge in [-0.05, 0) is 52.6 Å². The van der Waals surface area contributed by atoms with Crippen LogP contribution in [0.2, 0.25) is 0 Å². The van der Waals surface area contributed by atoms with Gasteiger partial charge in [0.25, 0.3) is 0 Å². The van der Waals surface area contributed by atoms with Gasteiger partial charge in [-0.1, -0.05) is 108 Å². The molecule has 0 aromatic heterocycles. The molecule has 0 heteroatoms. The number of hydrogen-bond donors (Lipinski definition) is 0. The summed E-state index contributed by atoms with van der Waals surface area (Å²) in [5.74, 6) is 0.873. The fourth-order valence-corrected chi connectivity index (χ4v) is 3.56. The molecule has 0 amide bonds. The fourth-order valence-electron chi connectivity index (χ4n) is 3.56. The standard InChI is InChI=1S/C13H14.C10H12.C2H6.CH4/c1-2-6-11-8-5-9-12-7-3-4-10-13(11)12;1-8-6-9-4-2-3-5-10(9)7-8;1-2;/h3-5,7-10H,2,6H2,1H3;2-5,8H,6-7H2,1H3;1-2H3;1H4. The Morgan fingerprint density at radius 1 is 0.769 bits per heavy atom. The molecule has 0 radical (unpaired) electrons. The first-order chi connectivity index (χ1) is 12.3. The van der Waals surface area contributed by atoms with Crippen molar-refractivity contribution in [2.75, 3.05) is 0 Å². The van der Waals surface area contributed by atoms with Crippen molar-refractivity contribution in [2.24, 2.45) is 5.92 Å². The highest BCUT2D eigenvalue weighted by Crippen LogP contribution is 2.25. The lowest BCUT2D eigenvalue weighted by atomic mass is 10.0. The summed E-state index contributed by atoms with van der Waals surface area (Å²) in [6, 6.07) is 23.9. The number of aryl methyl sites for hydroxylation is 1. The molecule has 3 aromatic rings. The third kappa shape index (κ3) is 5.73. The summed E-state index contributed by atoms with van der Waals surface area (Å²) >= 11 is 0. The van der Waals surface area contributed by atoms with E-state index in [2.05, 4.69) is 80.6 Å². The van der Waals surface area contributed by atoms with Crippen LogP contribution in [0.3, 0.4) is 0 Å². The van der Waals surface area contributed by atoms with Gasteiger partial charge < -0.3 is 0 Å². The van der Waals surface area contributed by atoms with Gasteiger partial charge in [-0.2, -0.15) is 0 Å². The van der Waals surface area contributed by atoms with Gasteiger partial charge in [-0.3, -0.25) is 0 Å². The average molecular weight is 349 g/mol. The van der Waals surface area contributed by atoms with Crippen LogP contribution in [-0.4, -0.2) is 0 Å². The van der Waals surface area contributed by atoms with Gasteiger partial charge in [0.05, 0.1) is 0 Å². The van der Waals surface area contributed by atoms with Crippen LogP contribution in [0.5, 0.6) is 0 Å². The van der Waals surface area contributed by atoms with Crippen molar-refractivity contribution in [1.29, 1.82) is 0 Å². The average Bonchev–Trinajstić information content (AvgIpc) is 3.05. The van der Waals surface area contributed by atoms with E-state index in [-0.39, 0.29) is 7.43 Å². The summed E-state index contributed by atoms with van der Waals surface area (Å²) in [5.41, 5.74) is 4.60. The zero-order valence-electron chi connectivity index (χ0n) is 16.3. The second-order valence-corrected chi connectivity index (χ2v) is 6.67. The van der Waals surface area contributed by atoms with Crippen LogP contribution >= 0.6 is 0 Å². The Labute approximate surface area is 161 Å². The molecule has 4 rings (SSSR count). The van der Waals surface area contributed by atoms with Crippen molar-refractivity contribution in [1.82, 2.24) is 0 Å². The molecule has 0 unspecified atom stereocenters. The Kier molecular flexibility index (Phi) is 9.73.